The van der Waals surface area contributed by atoms with Crippen LogP contribution in [0, 0.1) is 11.2 Å². The van der Waals surface area contributed by atoms with Crippen LogP contribution in [0.15, 0.2) is 22.7 Å². The number of hydrogen-bond donors (Lipinski definition) is 1. The molecule has 0 aliphatic rings. The Kier molecular flexibility index (Phi) is 5.60. The highest BCUT2D eigenvalue weighted by Crippen LogP contribution is 2.20. The van der Waals surface area contributed by atoms with Crippen LogP contribution in [-0.2, 0) is 0 Å². The third kappa shape index (κ3) is 4.58. The van der Waals surface area contributed by atoms with E-state index in [0.717, 1.165) is 6.42 Å². The molecule has 5 heteroatoms. The number of benzene rings is 1. The van der Waals surface area contributed by atoms with E-state index in [1.165, 1.54) is 12.1 Å². The molecule has 0 fully saturated rings. The summed E-state index contributed by atoms with van der Waals surface area (Å²) in [6.07, 6.45) is 0.789. The van der Waals surface area contributed by atoms with E-state index in [9.17, 15) is 9.18 Å². The summed E-state index contributed by atoms with van der Waals surface area (Å²) in [7, 11) is 0. The Hall–Kier alpha value is -0.610. The van der Waals surface area contributed by atoms with Crippen molar-refractivity contribution in [2.24, 2.45) is 5.41 Å². The van der Waals surface area contributed by atoms with E-state index in [0.29, 0.717) is 16.9 Å². The first-order chi connectivity index (χ1) is 8.35. The molecule has 1 aromatic carbocycles. The van der Waals surface area contributed by atoms with Crippen molar-refractivity contribution in [1.29, 1.82) is 0 Å². The van der Waals surface area contributed by atoms with E-state index in [-0.39, 0.29) is 11.0 Å². The first-order valence-electron chi connectivity index (χ1n) is 5.65. The van der Waals surface area contributed by atoms with Gasteiger partial charge in [0.1, 0.15) is 5.82 Å². The average Bonchev–Trinajstić information content (AvgIpc) is 2.26. The molecule has 0 saturated carbocycles. The van der Waals surface area contributed by atoms with Gasteiger partial charge in [0.25, 0.3) is 5.91 Å². The minimum Gasteiger partial charge on any atom is -0.351 e. The van der Waals surface area contributed by atoms with Gasteiger partial charge in [0.15, 0.2) is 0 Å². The normalized spacial score (nSPS) is 11.4. The van der Waals surface area contributed by atoms with Crippen LogP contribution in [0.4, 0.5) is 4.39 Å². The lowest BCUT2D eigenvalue weighted by Crippen LogP contribution is -2.34. The second-order valence-electron chi connectivity index (χ2n) is 4.91. The maximum Gasteiger partial charge on any atom is 0.254 e. The van der Waals surface area contributed by atoms with Gasteiger partial charge in [-0.1, -0.05) is 29.8 Å². The van der Waals surface area contributed by atoms with Crippen LogP contribution in [-0.4, -0.2) is 18.3 Å². The Labute approximate surface area is 120 Å². The van der Waals surface area contributed by atoms with E-state index in [1.54, 1.807) is 6.07 Å². The SMILES string of the molecule is CC(C)(CCCl)CNC(=O)c1ccc(Br)cc1F. The first-order valence-corrected chi connectivity index (χ1v) is 6.98. The van der Waals surface area contributed by atoms with Gasteiger partial charge in [-0.15, -0.1) is 11.6 Å². The van der Waals surface area contributed by atoms with Crippen LogP contribution < -0.4 is 5.32 Å². The molecule has 0 saturated heterocycles. The highest BCUT2D eigenvalue weighted by molar-refractivity contribution is 9.10. The molecule has 1 N–H and O–H groups in total. The molecule has 0 unspecified atom stereocenters. The largest absolute Gasteiger partial charge is 0.351 e. The second kappa shape index (κ2) is 6.53. The van der Waals surface area contributed by atoms with Crippen molar-refractivity contribution in [2.75, 3.05) is 12.4 Å². The van der Waals surface area contributed by atoms with E-state index in [4.69, 9.17) is 11.6 Å². The molecule has 0 bridgehead atoms. The smallest absolute Gasteiger partial charge is 0.254 e. The fourth-order valence-corrected chi connectivity index (χ4v) is 2.28. The molecule has 1 aromatic rings. The first kappa shape index (κ1) is 15.4. The van der Waals surface area contributed by atoms with E-state index >= 15 is 0 Å². The van der Waals surface area contributed by atoms with Gasteiger partial charge in [0.2, 0.25) is 0 Å². The maximum absolute atomic E-state index is 13.6. The van der Waals surface area contributed by atoms with Gasteiger partial charge < -0.3 is 5.32 Å². The zero-order chi connectivity index (χ0) is 13.8. The number of alkyl halides is 1. The Morgan fingerprint density at radius 2 is 2.17 bits per heavy atom. The summed E-state index contributed by atoms with van der Waals surface area (Å²) in [5.41, 5.74) is -0.0386. The highest BCUT2D eigenvalue weighted by Gasteiger charge is 2.19. The summed E-state index contributed by atoms with van der Waals surface area (Å²) in [5.74, 6) is -0.394. The van der Waals surface area contributed by atoms with Crippen molar-refractivity contribution in [1.82, 2.24) is 5.32 Å². The van der Waals surface area contributed by atoms with Crippen LogP contribution in [0.25, 0.3) is 0 Å². The molecule has 0 spiro atoms. The van der Waals surface area contributed by atoms with E-state index < -0.39 is 11.7 Å². The minimum absolute atomic E-state index is 0.0554. The molecular formula is C13H16BrClFNO. The Morgan fingerprint density at radius 1 is 1.50 bits per heavy atom. The van der Waals surface area contributed by atoms with Crippen LogP contribution >= 0.6 is 27.5 Å². The molecular weight excluding hydrogens is 321 g/mol. The minimum atomic E-state index is -0.531. The monoisotopic (exact) mass is 335 g/mol. The summed E-state index contributed by atoms with van der Waals surface area (Å²) in [4.78, 5) is 11.8. The molecule has 100 valence electrons. The van der Waals surface area contributed by atoms with Crippen molar-refractivity contribution in [2.45, 2.75) is 20.3 Å². The zero-order valence-corrected chi connectivity index (χ0v) is 12.7. The molecule has 0 aliphatic carbocycles. The topological polar surface area (TPSA) is 29.1 Å². The van der Waals surface area contributed by atoms with Gasteiger partial charge in [-0.2, -0.15) is 0 Å². The summed E-state index contributed by atoms with van der Waals surface area (Å²) in [6.45, 7) is 4.48. The number of amides is 1. The van der Waals surface area contributed by atoms with E-state index in [1.807, 2.05) is 13.8 Å². The fourth-order valence-electron chi connectivity index (χ4n) is 1.43. The molecule has 0 heterocycles. The number of carbonyl (C=O) groups is 1. The van der Waals surface area contributed by atoms with Crippen molar-refractivity contribution in [3.05, 3.63) is 34.1 Å². The van der Waals surface area contributed by atoms with Crippen molar-refractivity contribution in [3.8, 4) is 0 Å². The van der Waals surface area contributed by atoms with Crippen LogP contribution in [0.3, 0.4) is 0 Å². The predicted molar refractivity (Wildman–Crippen MR) is 75.6 cm³/mol. The predicted octanol–water partition coefficient (Wildman–Crippen LogP) is 3.97. The number of halogens is 3. The second-order valence-corrected chi connectivity index (χ2v) is 6.20. The lowest BCUT2D eigenvalue weighted by molar-refractivity contribution is 0.0931. The molecule has 0 aromatic heterocycles. The van der Waals surface area contributed by atoms with Gasteiger partial charge in [0.05, 0.1) is 5.56 Å². The molecule has 0 radical (unpaired) electrons. The van der Waals surface area contributed by atoms with Crippen LogP contribution in [0.5, 0.6) is 0 Å². The maximum atomic E-state index is 13.6. The quantitative estimate of drug-likeness (QED) is 0.810. The Bertz CT molecular complexity index is 437. The molecule has 18 heavy (non-hydrogen) atoms. The number of nitrogens with one attached hydrogen (secondary N) is 1. The number of hydrogen-bond acceptors (Lipinski definition) is 1. The Balaban J connectivity index is 2.66. The van der Waals surface area contributed by atoms with Gasteiger partial charge in [-0.25, -0.2) is 4.39 Å². The molecule has 2 nitrogen and oxygen atoms in total. The summed E-state index contributed by atoms with van der Waals surface area (Å²) >= 11 is 8.83. The summed E-state index contributed by atoms with van der Waals surface area (Å²) in [6, 6.07) is 4.38. The third-order valence-corrected chi connectivity index (χ3v) is 3.36. The fraction of sp³-hybridized carbons (Fsp3) is 0.462. The average molecular weight is 337 g/mol. The summed E-state index contributed by atoms with van der Waals surface area (Å²) in [5, 5.41) is 2.73. The van der Waals surface area contributed by atoms with Crippen LogP contribution in [0.2, 0.25) is 0 Å². The standard InChI is InChI=1S/C13H16BrClFNO/c1-13(2,5-6-15)8-17-12(18)10-4-3-9(14)7-11(10)16/h3-4,7H,5-6,8H2,1-2H3,(H,17,18). The number of carbonyl (C=O) groups excluding carboxylic acids is 1. The van der Waals surface area contributed by atoms with Crippen molar-refractivity contribution in [3.63, 3.8) is 0 Å². The lowest BCUT2D eigenvalue weighted by atomic mass is 9.90. The Morgan fingerprint density at radius 3 is 2.72 bits per heavy atom. The van der Waals surface area contributed by atoms with Gasteiger partial charge >= 0.3 is 0 Å². The van der Waals surface area contributed by atoms with Gasteiger partial charge in [-0.3, -0.25) is 4.79 Å². The molecule has 1 rings (SSSR count). The third-order valence-electron chi connectivity index (χ3n) is 2.67. The highest BCUT2D eigenvalue weighted by atomic mass is 79.9. The summed E-state index contributed by atoms with van der Waals surface area (Å²) < 4.78 is 14.2. The lowest BCUT2D eigenvalue weighted by Gasteiger charge is -2.23. The van der Waals surface area contributed by atoms with Crippen LogP contribution in [0.1, 0.15) is 30.6 Å². The molecule has 0 aliphatic heterocycles. The molecule has 0 atom stereocenters. The van der Waals surface area contributed by atoms with Gasteiger partial charge in [-0.05, 0) is 30.0 Å². The van der Waals surface area contributed by atoms with Gasteiger partial charge in [0, 0.05) is 16.9 Å². The van der Waals surface area contributed by atoms with Crippen molar-refractivity contribution < 1.29 is 9.18 Å². The van der Waals surface area contributed by atoms with Crippen molar-refractivity contribution >= 4 is 33.4 Å². The number of rotatable bonds is 5. The molecule has 1 amide bonds. The van der Waals surface area contributed by atoms with E-state index in [2.05, 4.69) is 21.2 Å². The zero-order valence-electron chi connectivity index (χ0n) is 10.4.